The summed E-state index contributed by atoms with van der Waals surface area (Å²) in [5.41, 5.74) is 7.20. The van der Waals surface area contributed by atoms with E-state index in [1.54, 1.807) is 7.11 Å². The van der Waals surface area contributed by atoms with Crippen LogP contribution in [-0.2, 0) is 11.2 Å². The minimum absolute atomic E-state index is 0.216. The summed E-state index contributed by atoms with van der Waals surface area (Å²) in [7, 11) is 1.72. The number of methoxy groups -OCH3 is 1. The zero-order chi connectivity index (χ0) is 14.1. The molecule has 0 aliphatic heterocycles. The molecule has 0 radical (unpaired) electrons. The van der Waals surface area contributed by atoms with E-state index in [-0.39, 0.29) is 5.41 Å². The number of ether oxygens (including phenoxy) is 2. The van der Waals surface area contributed by atoms with Gasteiger partial charge in [0.05, 0.1) is 13.2 Å². The Balaban J connectivity index is 2.26. The second-order valence-electron chi connectivity index (χ2n) is 5.71. The van der Waals surface area contributed by atoms with Gasteiger partial charge in [-0.2, -0.15) is 0 Å². The van der Waals surface area contributed by atoms with Gasteiger partial charge in [-0.3, -0.25) is 0 Å². The molecule has 0 aliphatic carbocycles. The molecule has 0 saturated heterocycles. The van der Waals surface area contributed by atoms with Crippen molar-refractivity contribution < 1.29 is 9.47 Å². The zero-order valence-corrected chi connectivity index (χ0v) is 12.4. The maximum atomic E-state index is 5.73. The molecule has 108 valence electrons. The van der Waals surface area contributed by atoms with Gasteiger partial charge in [-0.1, -0.05) is 26.0 Å². The van der Waals surface area contributed by atoms with Gasteiger partial charge in [0.2, 0.25) is 0 Å². The Kier molecular flexibility index (Phi) is 6.89. The van der Waals surface area contributed by atoms with Crippen LogP contribution in [0.4, 0.5) is 0 Å². The molecule has 1 rings (SSSR count). The smallest absolute Gasteiger partial charge is 0.119 e. The van der Waals surface area contributed by atoms with Crippen molar-refractivity contribution in [2.24, 2.45) is 11.1 Å². The minimum Gasteiger partial charge on any atom is -0.494 e. The first-order valence-corrected chi connectivity index (χ1v) is 6.98. The van der Waals surface area contributed by atoms with E-state index in [2.05, 4.69) is 26.0 Å². The number of hydrogen-bond donors (Lipinski definition) is 1. The van der Waals surface area contributed by atoms with Crippen molar-refractivity contribution >= 4 is 0 Å². The van der Waals surface area contributed by atoms with Gasteiger partial charge >= 0.3 is 0 Å². The fourth-order valence-electron chi connectivity index (χ4n) is 1.82. The van der Waals surface area contributed by atoms with Crippen molar-refractivity contribution in [1.82, 2.24) is 0 Å². The van der Waals surface area contributed by atoms with Crippen LogP contribution in [0.3, 0.4) is 0 Å². The molecule has 0 unspecified atom stereocenters. The van der Waals surface area contributed by atoms with Crippen molar-refractivity contribution in [3.63, 3.8) is 0 Å². The number of hydrogen-bond acceptors (Lipinski definition) is 3. The molecule has 1 aromatic rings. The van der Waals surface area contributed by atoms with Gasteiger partial charge in [0.15, 0.2) is 0 Å². The van der Waals surface area contributed by atoms with E-state index in [0.717, 1.165) is 44.8 Å². The highest BCUT2D eigenvalue weighted by Crippen LogP contribution is 2.20. The van der Waals surface area contributed by atoms with E-state index in [9.17, 15) is 0 Å². The van der Waals surface area contributed by atoms with Crippen LogP contribution in [0.2, 0.25) is 0 Å². The second-order valence-corrected chi connectivity index (χ2v) is 5.71. The first kappa shape index (κ1) is 16.0. The highest BCUT2D eigenvalue weighted by molar-refractivity contribution is 5.27. The van der Waals surface area contributed by atoms with Gasteiger partial charge in [0, 0.05) is 7.11 Å². The monoisotopic (exact) mass is 265 g/mol. The van der Waals surface area contributed by atoms with Gasteiger partial charge in [-0.25, -0.2) is 0 Å². The lowest BCUT2D eigenvalue weighted by Gasteiger charge is -2.21. The molecule has 19 heavy (non-hydrogen) atoms. The standard InChI is InChI=1S/C16H27NO2/c1-16(2,13-17)10-4-11-19-15-7-5-14(6-8-15)9-12-18-3/h5-8H,4,9-13,17H2,1-3H3. The first-order chi connectivity index (χ1) is 9.07. The van der Waals surface area contributed by atoms with Crippen molar-refractivity contribution in [2.45, 2.75) is 33.1 Å². The topological polar surface area (TPSA) is 44.5 Å². The number of nitrogens with two attached hydrogens (primary N) is 1. The normalized spacial score (nSPS) is 11.6. The molecule has 0 aromatic heterocycles. The highest BCUT2D eigenvalue weighted by Gasteiger charge is 2.14. The van der Waals surface area contributed by atoms with Crippen molar-refractivity contribution in [1.29, 1.82) is 0 Å². The van der Waals surface area contributed by atoms with Crippen molar-refractivity contribution in [2.75, 3.05) is 26.9 Å². The average molecular weight is 265 g/mol. The maximum Gasteiger partial charge on any atom is 0.119 e. The lowest BCUT2D eigenvalue weighted by Crippen LogP contribution is -2.23. The van der Waals surface area contributed by atoms with Crippen molar-refractivity contribution in [3.05, 3.63) is 29.8 Å². The molecule has 0 fully saturated rings. The van der Waals surface area contributed by atoms with Crippen LogP contribution < -0.4 is 10.5 Å². The summed E-state index contributed by atoms with van der Waals surface area (Å²) in [4.78, 5) is 0. The minimum atomic E-state index is 0.216. The molecule has 0 aliphatic rings. The van der Waals surface area contributed by atoms with Crippen LogP contribution >= 0.6 is 0 Å². The van der Waals surface area contributed by atoms with E-state index >= 15 is 0 Å². The lowest BCUT2D eigenvalue weighted by atomic mass is 9.88. The Bertz CT molecular complexity index is 346. The molecule has 0 atom stereocenters. The Labute approximate surface area is 117 Å². The highest BCUT2D eigenvalue weighted by atomic mass is 16.5. The van der Waals surface area contributed by atoms with E-state index in [1.165, 1.54) is 5.56 Å². The second kappa shape index (κ2) is 8.18. The van der Waals surface area contributed by atoms with Gasteiger partial charge in [0.1, 0.15) is 5.75 Å². The SMILES string of the molecule is COCCc1ccc(OCCCC(C)(C)CN)cc1. The van der Waals surface area contributed by atoms with Crippen LogP contribution in [0, 0.1) is 5.41 Å². The van der Waals surface area contributed by atoms with Crippen LogP contribution in [-0.4, -0.2) is 26.9 Å². The van der Waals surface area contributed by atoms with Gasteiger partial charge in [-0.15, -0.1) is 0 Å². The molecule has 3 nitrogen and oxygen atoms in total. The van der Waals surface area contributed by atoms with E-state index in [1.807, 2.05) is 12.1 Å². The Hall–Kier alpha value is -1.06. The fraction of sp³-hybridized carbons (Fsp3) is 0.625. The third-order valence-corrected chi connectivity index (χ3v) is 3.34. The van der Waals surface area contributed by atoms with Crippen LogP contribution in [0.25, 0.3) is 0 Å². The predicted molar refractivity (Wildman–Crippen MR) is 79.6 cm³/mol. The third-order valence-electron chi connectivity index (χ3n) is 3.34. The van der Waals surface area contributed by atoms with E-state index < -0.39 is 0 Å². The Morgan fingerprint density at radius 2 is 1.79 bits per heavy atom. The molecular weight excluding hydrogens is 238 g/mol. The summed E-state index contributed by atoms with van der Waals surface area (Å²) < 4.78 is 10.8. The largest absolute Gasteiger partial charge is 0.494 e. The average Bonchev–Trinajstić information content (AvgIpc) is 2.42. The third kappa shape index (κ3) is 6.60. The lowest BCUT2D eigenvalue weighted by molar-refractivity contribution is 0.202. The predicted octanol–water partition coefficient (Wildman–Crippen LogP) is 3.02. The molecule has 0 bridgehead atoms. The Morgan fingerprint density at radius 3 is 2.37 bits per heavy atom. The van der Waals surface area contributed by atoms with Gasteiger partial charge < -0.3 is 15.2 Å². The fourth-order valence-corrected chi connectivity index (χ4v) is 1.82. The van der Waals surface area contributed by atoms with E-state index in [0.29, 0.717) is 0 Å². The van der Waals surface area contributed by atoms with Crippen LogP contribution in [0.5, 0.6) is 5.75 Å². The number of rotatable bonds is 9. The van der Waals surface area contributed by atoms with Gasteiger partial charge in [0.25, 0.3) is 0 Å². The molecule has 0 spiro atoms. The number of benzene rings is 1. The summed E-state index contributed by atoms with van der Waals surface area (Å²) in [5.74, 6) is 0.937. The van der Waals surface area contributed by atoms with E-state index in [4.69, 9.17) is 15.2 Å². The summed E-state index contributed by atoms with van der Waals surface area (Å²) in [6, 6.07) is 8.24. The molecular formula is C16H27NO2. The Morgan fingerprint density at radius 1 is 1.11 bits per heavy atom. The summed E-state index contributed by atoms with van der Waals surface area (Å²) in [6.45, 7) is 6.62. The molecule has 0 saturated carbocycles. The van der Waals surface area contributed by atoms with Crippen LogP contribution in [0.1, 0.15) is 32.3 Å². The zero-order valence-electron chi connectivity index (χ0n) is 12.4. The molecule has 1 aromatic carbocycles. The summed E-state index contributed by atoms with van der Waals surface area (Å²) in [6.07, 6.45) is 3.08. The molecule has 0 amide bonds. The summed E-state index contributed by atoms with van der Waals surface area (Å²) in [5, 5.41) is 0. The first-order valence-electron chi connectivity index (χ1n) is 6.98. The molecule has 0 heterocycles. The molecule has 3 heteroatoms. The van der Waals surface area contributed by atoms with Gasteiger partial charge in [-0.05, 0) is 48.9 Å². The quantitative estimate of drug-likeness (QED) is 0.698. The van der Waals surface area contributed by atoms with Crippen LogP contribution in [0.15, 0.2) is 24.3 Å². The van der Waals surface area contributed by atoms with Crippen molar-refractivity contribution in [3.8, 4) is 5.75 Å². The maximum absolute atomic E-state index is 5.73. The molecule has 2 N–H and O–H groups in total. The summed E-state index contributed by atoms with van der Waals surface area (Å²) >= 11 is 0.